The number of rotatable bonds is 5. The molecule has 0 aliphatic carbocycles. The molecular formula is C20H19ClF2N4O2. The van der Waals surface area contributed by atoms with Crippen molar-refractivity contribution in [3.05, 3.63) is 59.3 Å². The first-order chi connectivity index (χ1) is 13.8. The summed E-state index contributed by atoms with van der Waals surface area (Å²) in [5.74, 6) is -1.48. The normalized spacial score (nSPS) is 10.9. The second-order valence-corrected chi connectivity index (χ2v) is 6.91. The van der Waals surface area contributed by atoms with E-state index in [-0.39, 0.29) is 11.7 Å². The Labute approximate surface area is 171 Å². The number of urea groups is 1. The molecule has 2 amide bonds. The largest absolute Gasteiger partial charge is 0.496 e. The first-order valence-corrected chi connectivity index (χ1v) is 9.12. The fourth-order valence-electron chi connectivity index (χ4n) is 2.82. The van der Waals surface area contributed by atoms with Gasteiger partial charge in [-0.2, -0.15) is 5.10 Å². The van der Waals surface area contributed by atoms with Gasteiger partial charge in [-0.05, 0) is 44.2 Å². The van der Waals surface area contributed by atoms with E-state index in [4.69, 9.17) is 16.3 Å². The topological polar surface area (TPSA) is 68.2 Å². The summed E-state index contributed by atoms with van der Waals surface area (Å²) in [6.07, 6.45) is 1.55. The number of methoxy groups -OCH3 is 1. The summed E-state index contributed by atoms with van der Waals surface area (Å²) in [7, 11) is 1.53. The Hall–Kier alpha value is -3.13. The smallest absolute Gasteiger partial charge is 0.323 e. The number of aromatic nitrogens is 2. The van der Waals surface area contributed by atoms with Crippen LogP contribution in [0.15, 0.2) is 42.6 Å². The summed E-state index contributed by atoms with van der Waals surface area (Å²) in [6, 6.07) is 7.57. The molecule has 6 nitrogen and oxygen atoms in total. The summed E-state index contributed by atoms with van der Waals surface area (Å²) < 4.78 is 33.5. The quantitative estimate of drug-likeness (QED) is 0.555. The van der Waals surface area contributed by atoms with Crippen molar-refractivity contribution >= 4 is 29.0 Å². The highest BCUT2D eigenvalue weighted by atomic mass is 35.5. The van der Waals surface area contributed by atoms with Crippen molar-refractivity contribution in [2.75, 3.05) is 17.7 Å². The van der Waals surface area contributed by atoms with Crippen LogP contribution in [0.3, 0.4) is 0 Å². The fraction of sp³-hybridized carbons (Fsp3) is 0.200. The average Bonchev–Trinajstić information content (AvgIpc) is 3.06. The van der Waals surface area contributed by atoms with E-state index >= 15 is 0 Å². The van der Waals surface area contributed by atoms with E-state index in [0.29, 0.717) is 27.7 Å². The summed E-state index contributed by atoms with van der Waals surface area (Å²) in [5, 5.41) is 9.84. The van der Waals surface area contributed by atoms with Crippen molar-refractivity contribution in [2.45, 2.75) is 19.9 Å². The van der Waals surface area contributed by atoms with Crippen LogP contribution in [0.1, 0.15) is 19.9 Å². The predicted molar refractivity (Wildman–Crippen MR) is 109 cm³/mol. The minimum atomic E-state index is -1.05. The predicted octanol–water partition coefficient (Wildman–Crippen LogP) is 5.72. The second-order valence-electron chi connectivity index (χ2n) is 6.50. The third-order valence-corrected chi connectivity index (χ3v) is 4.41. The van der Waals surface area contributed by atoms with Crippen molar-refractivity contribution in [3.8, 4) is 17.0 Å². The summed E-state index contributed by atoms with van der Waals surface area (Å²) in [4.78, 5) is 12.3. The van der Waals surface area contributed by atoms with Gasteiger partial charge in [0.05, 0.1) is 24.0 Å². The maximum Gasteiger partial charge on any atom is 0.323 e. The first-order valence-electron chi connectivity index (χ1n) is 8.74. The van der Waals surface area contributed by atoms with E-state index in [1.807, 2.05) is 13.8 Å². The minimum absolute atomic E-state index is 0.0514. The number of anilines is 2. The van der Waals surface area contributed by atoms with Crippen LogP contribution in [0.25, 0.3) is 11.3 Å². The van der Waals surface area contributed by atoms with Crippen molar-refractivity contribution in [2.24, 2.45) is 0 Å². The van der Waals surface area contributed by atoms with E-state index in [0.717, 1.165) is 12.1 Å². The number of nitrogens with one attached hydrogen (secondary N) is 2. The summed E-state index contributed by atoms with van der Waals surface area (Å²) in [6.45, 7) is 3.94. The zero-order valence-corrected chi connectivity index (χ0v) is 16.7. The first kappa shape index (κ1) is 20.6. The highest BCUT2D eigenvalue weighted by Crippen LogP contribution is 2.38. The number of carbonyl (C=O) groups is 1. The molecule has 0 saturated heterocycles. The summed E-state index contributed by atoms with van der Waals surface area (Å²) in [5.41, 5.74) is 1.88. The third-order valence-electron chi connectivity index (χ3n) is 4.13. The number of halogens is 3. The van der Waals surface area contributed by atoms with E-state index in [2.05, 4.69) is 15.7 Å². The molecule has 9 heteroatoms. The van der Waals surface area contributed by atoms with E-state index in [1.54, 1.807) is 29.1 Å². The van der Waals surface area contributed by atoms with Gasteiger partial charge in [-0.15, -0.1) is 0 Å². The van der Waals surface area contributed by atoms with Crippen LogP contribution in [0.2, 0.25) is 5.02 Å². The second kappa shape index (κ2) is 8.48. The Morgan fingerprint density at radius 1 is 1.10 bits per heavy atom. The van der Waals surface area contributed by atoms with Gasteiger partial charge in [0.15, 0.2) is 11.6 Å². The molecule has 0 spiro atoms. The average molecular weight is 421 g/mol. The molecule has 152 valence electrons. The SMILES string of the molecule is COc1ccc(NC(=O)Nc2ccc(F)c(F)c2)cc1-c1c(Cl)cnn1C(C)C. The molecule has 0 atom stereocenters. The lowest BCUT2D eigenvalue weighted by molar-refractivity contribution is 0.262. The van der Waals surface area contributed by atoms with Gasteiger partial charge in [-0.1, -0.05) is 11.6 Å². The van der Waals surface area contributed by atoms with Gasteiger partial charge in [0.2, 0.25) is 0 Å². The number of hydrogen-bond acceptors (Lipinski definition) is 3. The molecule has 2 N–H and O–H groups in total. The highest BCUT2D eigenvalue weighted by molar-refractivity contribution is 6.33. The molecule has 3 rings (SSSR count). The lowest BCUT2D eigenvalue weighted by Gasteiger charge is -2.16. The molecule has 0 bridgehead atoms. The van der Waals surface area contributed by atoms with Crippen molar-refractivity contribution in [3.63, 3.8) is 0 Å². The molecule has 0 aliphatic rings. The van der Waals surface area contributed by atoms with Crippen LogP contribution in [0.4, 0.5) is 25.0 Å². The maximum atomic E-state index is 13.3. The number of hydrogen-bond donors (Lipinski definition) is 2. The molecular weight excluding hydrogens is 402 g/mol. The number of benzene rings is 2. The van der Waals surface area contributed by atoms with Gasteiger partial charge >= 0.3 is 6.03 Å². The lowest BCUT2D eigenvalue weighted by atomic mass is 10.1. The van der Waals surface area contributed by atoms with Gasteiger partial charge in [0.1, 0.15) is 5.75 Å². The fourth-order valence-corrected chi connectivity index (χ4v) is 3.05. The van der Waals surface area contributed by atoms with Gasteiger partial charge < -0.3 is 15.4 Å². The lowest BCUT2D eigenvalue weighted by Crippen LogP contribution is -2.19. The Morgan fingerprint density at radius 3 is 2.38 bits per heavy atom. The van der Waals surface area contributed by atoms with Crippen LogP contribution in [-0.2, 0) is 0 Å². The van der Waals surface area contributed by atoms with Crippen molar-refractivity contribution in [1.82, 2.24) is 9.78 Å². The Bertz CT molecular complexity index is 1050. The van der Waals surface area contributed by atoms with E-state index in [9.17, 15) is 13.6 Å². The van der Waals surface area contributed by atoms with Gasteiger partial charge in [-0.25, -0.2) is 13.6 Å². The monoisotopic (exact) mass is 420 g/mol. The Kier molecular flexibility index (Phi) is 6.03. The number of ether oxygens (including phenoxy) is 1. The number of carbonyl (C=O) groups excluding carboxylic acids is 1. The van der Waals surface area contributed by atoms with Gasteiger partial charge in [-0.3, -0.25) is 4.68 Å². The van der Waals surface area contributed by atoms with Gasteiger partial charge in [0, 0.05) is 29.0 Å². The zero-order valence-electron chi connectivity index (χ0n) is 16.0. The standard InChI is InChI=1S/C20H19ClF2N4O2/c1-11(2)27-19(15(21)10-24-27)14-8-12(5-7-18(14)29-3)25-20(28)26-13-4-6-16(22)17(23)9-13/h4-11H,1-3H3,(H2,25,26,28). The Balaban J connectivity index is 1.88. The number of amides is 2. The molecule has 2 aromatic carbocycles. The molecule has 0 radical (unpaired) electrons. The molecule has 3 aromatic rings. The zero-order chi connectivity index (χ0) is 21.1. The Morgan fingerprint density at radius 2 is 1.76 bits per heavy atom. The summed E-state index contributed by atoms with van der Waals surface area (Å²) >= 11 is 6.34. The van der Waals surface area contributed by atoms with Crippen molar-refractivity contribution in [1.29, 1.82) is 0 Å². The van der Waals surface area contributed by atoms with Crippen LogP contribution < -0.4 is 15.4 Å². The molecule has 0 fully saturated rings. The maximum absolute atomic E-state index is 13.3. The van der Waals surface area contributed by atoms with E-state index in [1.165, 1.54) is 13.2 Å². The van der Waals surface area contributed by atoms with Crippen molar-refractivity contribution < 1.29 is 18.3 Å². The molecule has 1 heterocycles. The third kappa shape index (κ3) is 4.48. The molecule has 0 saturated carbocycles. The highest BCUT2D eigenvalue weighted by Gasteiger charge is 2.19. The molecule has 1 aromatic heterocycles. The van der Waals surface area contributed by atoms with Gasteiger partial charge in [0.25, 0.3) is 0 Å². The molecule has 0 unspecified atom stereocenters. The molecule has 0 aliphatic heterocycles. The minimum Gasteiger partial charge on any atom is -0.496 e. The number of nitrogens with zero attached hydrogens (tertiary/aromatic N) is 2. The van der Waals surface area contributed by atoms with E-state index < -0.39 is 17.7 Å². The van der Waals surface area contributed by atoms with Crippen LogP contribution in [0.5, 0.6) is 5.75 Å². The van der Waals surface area contributed by atoms with Crippen LogP contribution in [-0.4, -0.2) is 22.9 Å². The van der Waals surface area contributed by atoms with Crippen LogP contribution >= 0.6 is 11.6 Å². The molecule has 29 heavy (non-hydrogen) atoms. The van der Waals surface area contributed by atoms with Crippen LogP contribution in [0, 0.1) is 11.6 Å².